The van der Waals surface area contributed by atoms with Gasteiger partial charge in [-0.2, -0.15) is 0 Å². The Hall–Kier alpha value is -3.36. The van der Waals surface area contributed by atoms with Crippen molar-refractivity contribution in [2.75, 3.05) is 34.9 Å². The zero-order valence-corrected chi connectivity index (χ0v) is 19.1. The molecule has 1 aliphatic rings. The lowest BCUT2D eigenvalue weighted by Crippen LogP contribution is -2.30. The largest absolute Gasteiger partial charge is 0.481 e. The number of carboxylic acids is 1. The second kappa shape index (κ2) is 10.3. The number of rotatable bonds is 8. The first kappa shape index (κ1) is 23.3. The van der Waals surface area contributed by atoms with Crippen molar-refractivity contribution in [3.8, 4) is 0 Å². The van der Waals surface area contributed by atoms with Crippen LogP contribution >= 0.6 is 0 Å². The van der Waals surface area contributed by atoms with Crippen molar-refractivity contribution in [2.24, 2.45) is 5.92 Å². The summed E-state index contributed by atoms with van der Waals surface area (Å²) < 4.78 is 0. The molecule has 0 spiro atoms. The number of carbonyl (C=O) groups is 2. The number of hydrogen-bond donors (Lipinski definition) is 4. The molecule has 1 aromatic heterocycles. The minimum Gasteiger partial charge on any atom is -0.481 e. The molecule has 9 nitrogen and oxygen atoms in total. The third-order valence-corrected chi connectivity index (χ3v) is 5.51. The highest BCUT2D eigenvalue weighted by molar-refractivity contribution is 6.08. The predicted molar refractivity (Wildman–Crippen MR) is 127 cm³/mol. The maximum absolute atomic E-state index is 13.0. The van der Waals surface area contributed by atoms with Gasteiger partial charge in [0.15, 0.2) is 11.6 Å². The molecule has 4 N–H and O–H groups in total. The summed E-state index contributed by atoms with van der Waals surface area (Å²) in [5.74, 6) is -0.222. The van der Waals surface area contributed by atoms with E-state index in [9.17, 15) is 14.7 Å². The van der Waals surface area contributed by atoms with Crippen LogP contribution in [0.15, 0.2) is 30.3 Å². The van der Waals surface area contributed by atoms with E-state index in [4.69, 9.17) is 0 Å². The summed E-state index contributed by atoms with van der Waals surface area (Å²) in [6.07, 6.45) is 2.76. The summed E-state index contributed by atoms with van der Waals surface area (Å²) in [4.78, 5) is 26.1. The summed E-state index contributed by atoms with van der Waals surface area (Å²) in [6, 6.07) is 9.46. The van der Waals surface area contributed by atoms with E-state index in [0.717, 1.165) is 18.5 Å². The first-order chi connectivity index (χ1) is 15.2. The van der Waals surface area contributed by atoms with Gasteiger partial charge in [-0.25, -0.2) is 0 Å². The molecule has 0 aliphatic heterocycles. The van der Waals surface area contributed by atoms with Crippen LogP contribution in [0.25, 0.3) is 0 Å². The van der Waals surface area contributed by atoms with E-state index in [1.54, 1.807) is 18.2 Å². The molecule has 2 aromatic rings. The first-order valence-corrected chi connectivity index (χ1v) is 10.9. The summed E-state index contributed by atoms with van der Waals surface area (Å²) in [5, 5.41) is 27.1. The fourth-order valence-corrected chi connectivity index (χ4v) is 3.80. The Morgan fingerprint density at radius 3 is 2.34 bits per heavy atom. The predicted octanol–water partition coefficient (Wildman–Crippen LogP) is 3.67. The number of nitrogens with zero attached hydrogens (tertiary/aromatic N) is 3. The van der Waals surface area contributed by atoms with Crippen LogP contribution in [0.3, 0.4) is 0 Å². The van der Waals surface area contributed by atoms with Crippen molar-refractivity contribution in [3.63, 3.8) is 0 Å². The van der Waals surface area contributed by atoms with Crippen LogP contribution < -0.4 is 20.9 Å². The van der Waals surface area contributed by atoms with Gasteiger partial charge in [-0.1, -0.05) is 0 Å². The topological polar surface area (TPSA) is 119 Å². The zero-order valence-electron chi connectivity index (χ0n) is 19.1. The van der Waals surface area contributed by atoms with Gasteiger partial charge < -0.3 is 26.0 Å². The molecule has 1 fully saturated rings. The molecule has 1 saturated carbocycles. The molecular formula is C23H32N6O3. The molecule has 3 rings (SSSR count). The summed E-state index contributed by atoms with van der Waals surface area (Å²) in [7, 11) is 3.74. The highest BCUT2D eigenvalue weighted by atomic mass is 16.4. The van der Waals surface area contributed by atoms with Crippen LogP contribution in [0.1, 0.15) is 49.9 Å². The third-order valence-electron chi connectivity index (χ3n) is 5.51. The highest BCUT2D eigenvalue weighted by Crippen LogP contribution is 2.30. The number of anilines is 4. The van der Waals surface area contributed by atoms with Gasteiger partial charge in [-0.05, 0) is 69.9 Å². The van der Waals surface area contributed by atoms with E-state index in [1.807, 2.05) is 31.1 Å². The van der Waals surface area contributed by atoms with Crippen molar-refractivity contribution < 1.29 is 14.7 Å². The van der Waals surface area contributed by atoms with E-state index in [1.165, 1.54) is 0 Å². The molecule has 32 heavy (non-hydrogen) atoms. The second-order valence-corrected chi connectivity index (χ2v) is 8.72. The molecule has 0 saturated heterocycles. The lowest BCUT2D eigenvalue weighted by atomic mass is 9.86. The van der Waals surface area contributed by atoms with Gasteiger partial charge in [0.05, 0.1) is 11.5 Å². The van der Waals surface area contributed by atoms with E-state index < -0.39 is 5.97 Å². The molecular weight excluding hydrogens is 408 g/mol. The number of amides is 1. The number of benzene rings is 1. The second-order valence-electron chi connectivity index (χ2n) is 8.72. The molecule has 0 atom stereocenters. The van der Waals surface area contributed by atoms with Crippen LogP contribution in [0.5, 0.6) is 0 Å². The SMILES string of the molecule is CC(C)Nc1ccc(C(=O)Nc2ccc(N(C)C)nn2)c(NC2CCC(C(=O)O)CC2)c1. The Kier molecular flexibility index (Phi) is 7.50. The van der Waals surface area contributed by atoms with Crippen molar-refractivity contribution in [1.29, 1.82) is 0 Å². The van der Waals surface area contributed by atoms with E-state index >= 15 is 0 Å². The molecule has 0 unspecified atom stereocenters. The molecule has 0 radical (unpaired) electrons. The number of carbonyl (C=O) groups excluding carboxylic acids is 1. The van der Waals surface area contributed by atoms with Gasteiger partial charge in [0, 0.05) is 37.6 Å². The van der Waals surface area contributed by atoms with Crippen LogP contribution in [0, 0.1) is 5.92 Å². The molecule has 9 heteroatoms. The fourth-order valence-electron chi connectivity index (χ4n) is 3.80. The smallest absolute Gasteiger partial charge is 0.306 e. The summed E-state index contributed by atoms with van der Waals surface area (Å²) in [6.45, 7) is 4.11. The Morgan fingerprint density at radius 1 is 1.06 bits per heavy atom. The lowest BCUT2D eigenvalue weighted by molar-refractivity contribution is -0.142. The van der Waals surface area contributed by atoms with Gasteiger partial charge in [-0.3, -0.25) is 9.59 Å². The van der Waals surface area contributed by atoms with Gasteiger partial charge in [0.2, 0.25) is 0 Å². The molecule has 1 heterocycles. The van der Waals surface area contributed by atoms with Crippen molar-refractivity contribution in [3.05, 3.63) is 35.9 Å². The minimum atomic E-state index is -0.729. The van der Waals surface area contributed by atoms with Gasteiger partial charge in [0.1, 0.15) is 0 Å². The summed E-state index contributed by atoms with van der Waals surface area (Å²) >= 11 is 0. The third kappa shape index (κ3) is 6.09. The van der Waals surface area contributed by atoms with Crippen molar-refractivity contribution in [1.82, 2.24) is 10.2 Å². The average Bonchev–Trinajstić information content (AvgIpc) is 2.74. The van der Waals surface area contributed by atoms with Crippen molar-refractivity contribution in [2.45, 2.75) is 51.6 Å². The summed E-state index contributed by atoms with van der Waals surface area (Å²) in [5.41, 5.74) is 2.12. The number of aromatic nitrogens is 2. The van der Waals surface area contributed by atoms with Gasteiger partial charge >= 0.3 is 5.97 Å². The van der Waals surface area contributed by atoms with Crippen LogP contribution in [0.2, 0.25) is 0 Å². The fraction of sp³-hybridized carbons (Fsp3) is 0.478. The van der Waals surface area contributed by atoms with E-state index in [-0.39, 0.29) is 23.9 Å². The quantitative estimate of drug-likeness (QED) is 0.491. The van der Waals surface area contributed by atoms with E-state index in [2.05, 4.69) is 40.0 Å². The lowest BCUT2D eigenvalue weighted by Gasteiger charge is -2.28. The van der Waals surface area contributed by atoms with Gasteiger partial charge in [-0.15, -0.1) is 10.2 Å². The van der Waals surface area contributed by atoms with Crippen LogP contribution in [-0.2, 0) is 4.79 Å². The Bertz CT molecular complexity index is 937. The monoisotopic (exact) mass is 440 g/mol. The average molecular weight is 441 g/mol. The van der Waals surface area contributed by atoms with Crippen LogP contribution in [0.4, 0.5) is 23.0 Å². The number of hydrogen-bond acceptors (Lipinski definition) is 7. The number of carboxylic acid groups (broad SMARTS) is 1. The molecule has 1 aromatic carbocycles. The minimum absolute atomic E-state index is 0.116. The Labute approximate surface area is 188 Å². The van der Waals surface area contributed by atoms with Crippen molar-refractivity contribution >= 4 is 34.9 Å². The standard InChI is InChI=1S/C23H32N6O3/c1-14(2)24-17-9-10-18(22(30)26-20-11-12-21(28-27-20)29(3)4)19(13-17)25-16-7-5-15(6-8-16)23(31)32/h9-16,24-25H,5-8H2,1-4H3,(H,31,32)(H,26,27,30). The highest BCUT2D eigenvalue weighted by Gasteiger charge is 2.26. The van der Waals surface area contributed by atoms with Crippen LogP contribution in [-0.4, -0.2) is 53.4 Å². The Balaban J connectivity index is 1.77. The first-order valence-electron chi connectivity index (χ1n) is 10.9. The molecule has 172 valence electrons. The normalized spacial score (nSPS) is 18.2. The molecule has 1 aliphatic carbocycles. The Morgan fingerprint density at radius 2 is 1.78 bits per heavy atom. The molecule has 1 amide bonds. The molecule has 0 bridgehead atoms. The number of aliphatic carboxylic acids is 1. The van der Waals surface area contributed by atoms with E-state index in [0.29, 0.717) is 35.7 Å². The maximum atomic E-state index is 13.0. The zero-order chi connectivity index (χ0) is 23.3. The number of nitrogens with one attached hydrogen (secondary N) is 3. The maximum Gasteiger partial charge on any atom is 0.306 e. The van der Waals surface area contributed by atoms with Gasteiger partial charge in [0.25, 0.3) is 5.91 Å².